The van der Waals surface area contributed by atoms with E-state index in [0.717, 1.165) is 11.9 Å². The summed E-state index contributed by atoms with van der Waals surface area (Å²) in [4.78, 5) is 29.1. The highest BCUT2D eigenvalue weighted by atomic mass is 35.5. The molecule has 220 valence electrons. The van der Waals surface area contributed by atoms with Gasteiger partial charge >= 0.3 is 12.4 Å². The minimum Gasteiger partial charge on any atom is -0.337 e. The number of halogens is 8. The van der Waals surface area contributed by atoms with E-state index in [2.05, 4.69) is 0 Å². The number of nitrogens with zero attached hydrogens (tertiary/aromatic N) is 2. The highest BCUT2D eigenvalue weighted by molar-refractivity contribution is 7.85. The molecule has 0 saturated heterocycles. The molecule has 3 aromatic carbocycles. The smallest absolute Gasteiger partial charge is 0.337 e. The average Bonchev–Trinajstić information content (AvgIpc) is 2.90. The van der Waals surface area contributed by atoms with E-state index in [1.54, 1.807) is 18.2 Å². The molecule has 0 saturated carbocycles. The SMILES string of the molecule is CN(Cc1cc(C(F)(F)F)cc(C(F)(F)F)c1)C(=O)c1c(-c2ccc(Cl)cc2Cl)c2cccc3c2n(c1=O)CCS3=O. The Kier molecular flexibility index (Phi) is 7.70. The zero-order chi connectivity index (χ0) is 30.7. The highest BCUT2D eigenvalue weighted by Crippen LogP contribution is 2.40. The number of para-hydroxylation sites is 1. The number of alkyl halides is 6. The molecule has 5 rings (SSSR count). The summed E-state index contributed by atoms with van der Waals surface area (Å²) in [6.07, 6.45) is -10.1. The van der Waals surface area contributed by atoms with Crippen molar-refractivity contribution in [2.24, 2.45) is 0 Å². The van der Waals surface area contributed by atoms with E-state index < -0.39 is 63.4 Å². The van der Waals surface area contributed by atoms with Crippen LogP contribution >= 0.6 is 23.2 Å². The number of hydrogen-bond acceptors (Lipinski definition) is 3. The van der Waals surface area contributed by atoms with Crippen molar-refractivity contribution in [1.82, 2.24) is 9.47 Å². The monoisotopic (exact) mass is 646 g/mol. The topological polar surface area (TPSA) is 59.4 Å². The molecule has 1 atom stereocenters. The van der Waals surface area contributed by atoms with Crippen LogP contribution < -0.4 is 5.56 Å². The Hall–Kier alpha value is -3.35. The summed E-state index contributed by atoms with van der Waals surface area (Å²) in [7, 11) is -0.274. The van der Waals surface area contributed by atoms with E-state index in [4.69, 9.17) is 23.2 Å². The van der Waals surface area contributed by atoms with Crippen LogP contribution in [0.5, 0.6) is 0 Å². The average molecular weight is 647 g/mol. The van der Waals surface area contributed by atoms with Crippen molar-refractivity contribution in [3.8, 4) is 11.1 Å². The normalized spacial score (nSPS) is 15.2. The van der Waals surface area contributed by atoms with Gasteiger partial charge in [-0.2, -0.15) is 26.3 Å². The summed E-state index contributed by atoms with van der Waals surface area (Å²) in [5.74, 6) is -0.865. The zero-order valence-corrected chi connectivity index (χ0v) is 23.7. The van der Waals surface area contributed by atoms with E-state index in [1.165, 1.54) is 22.8 Å². The van der Waals surface area contributed by atoms with Crippen LogP contribution in [-0.4, -0.2) is 32.4 Å². The summed E-state index contributed by atoms with van der Waals surface area (Å²) in [6, 6.07) is 10.2. The van der Waals surface area contributed by atoms with Crippen molar-refractivity contribution in [3.63, 3.8) is 0 Å². The van der Waals surface area contributed by atoms with Gasteiger partial charge in [-0.05, 0) is 42.0 Å². The summed E-state index contributed by atoms with van der Waals surface area (Å²) < 4.78 is 94.6. The number of amides is 1. The standard InChI is InChI=1S/C28H18Cl2F6N2O3S/c1-37(13-14-9-15(27(31,32)33)11-16(10-14)28(34,35)36)25(39)23-22(18-6-5-17(29)12-20(18)30)19-3-2-4-21-24(19)38(26(23)40)7-8-42(21)41/h2-6,9-12H,7-8,13H2,1H3. The van der Waals surface area contributed by atoms with Gasteiger partial charge in [0.2, 0.25) is 0 Å². The number of rotatable bonds is 4. The molecule has 1 aliphatic rings. The Balaban J connectivity index is 1.71. The molecule has 42 heavy (non-hydrogen) atoms. The van der Waals surface area contributed by atoms with Crippen molar-refractivity contribution in [2.45, 2.75) is 30.3 Å². The summed E-state index contributed by atoms with van der Waals surface area (Å²) in [6.45, 7) is -0.665. The van der Waals surface area contributed by atoms with E-state index in [-0.39, 0.29) is 39.5 Å². The zero-order valence-electron chi connectivity index (χ0n) is 21.4. The molecule has 0 radical (unpaired) electrons. The van der Waals surface area contributed by atoms with Gasteiger partial charge < -0.3 is 9.47 Å². The van der Waals surface area contributed by atoms with Crippen molar-refractivity contribution >= 4 is 50.8 Å². The maximum atomic E-state index is 13.9. The number of benzene rings is 3. The second-order valence-electron chi connectivity index (χ2n) is 9.61. The fraction of sp³-hybridized carbons (Fsp3) is 0.214. The number of hydrogen-bond donors (Lipinski definition) is 0. The number of carbonyl (C=O) groups is 1. The number of aryl methyl sites for hydroxylation is 1. The van der Waals surface area contributed by atoms with Gasteiger partial charge in [0.15, 0.2) is 0 Å². The van der Waals surface area contributed by atoms with Crippen molar-refractivity contribution in [1.29, 1.82) is 0 Å². The molecule has 5 nitrogen and oxygen atoms in total. The number of carbonyl (C=O) groups excluding carboxylic acids is 1. The van der Waals surface area contributed by atoms with Gasteiger partial charge in [0.25, 0.3) is 11.5 Å². The molecule has 14 heteroatoms. The molecule has 2 heterocycles. The fourth-order valence-electron chi connectivity index (χ4n) is 4.98. The van der Waals surface area contributed by atoms with Gasteiger partial charge in [0, 0.05) is 52.4 Å². The van der Waals surface area contributed by atoms with E-state index in [9.17, 15) is 40.1 Å². The van der Waals surface area contributed by atoms with E-state index in [1.807, 2.05) is 0 Å². The van der Waals surface area contributed by atoms with Gasteiger partial charge in [0.05, 0.1) is 32.3 Å². The number of aromatic nitrogens is 1. The Bertz CT molecular complexity index is 1820. The Morgan fingerprint density at radius 1 is 0.976 bits per heavy atom. The molecule has 4 aromatic rings. The van der Waals surface area contributed by atoms with Gasteiger partial charge in [0.1, 0.15) is 5.56 Å². The lowest BCUT2D eigenvalue weighted by atomic mass is 9.94. The van der Waals surface area contributed by atoms with Crippen LogP contribution in [0.15, 0.2) is 64.3 Å². The van der Waals surface area contributed by atoms with Gasteiger partial charge in [-0.1, -0.05) is 41.4 Å². The molecule has 1 aromatic heterocycles. The predicted molar refractivity (Wildman–Crippen MR) is 147 cm³/mol. The third-order valence-electron chi connectivity index (χ3n) is 6.82. The second-order valence-corrected chi connectivity index (χ2v) is 12.0. The molecule has 0 spiro atoms. The Labute approximate surface area is 246 Å². The van der Waals surface area contributed by atoms with Crippen molar-refractivity contribution < 1.29 is 35.3 Å². The van der Waals surface area contributed by atoms with E-state index in [0.29, 0.717) is 27.9 Å². The van der Waals surface area contributed by atoms with Crippen LogP contribution in [0.4, 0.5) is 26.3 Å². The van der Waals surface area contributed by atoms with Crippen LogP contribution in [0.2, 0.25) is 10.0 Å². The summed E-state index contributed by atoms with van der Waals surface area (Å²) in [5, 5.41) is 0.702. The minimum absolute atomic E-state index is 0.00599. The lowest BCUT2D eigenvalue weighted by Gasteiger charge is -2.25. The Morgan fingerprint density at radius 3 is 2.21 bits per heavy atom. The largest absolute Gasteiger partial charge is 0.416 e. The molecular formula is C28H18Cl2F6N2O3S. The molecule has 0 fully saturated rings. The molecule has 0 bridgehead atoms. The highest BCUT2D eigenvalue weighted by Gasteiger charge is 2.37. The molecular weight excluding hydrogens is 629 g/mol. The lowest BCUT2D eigenvalue weighted by molar-refractivity contribution is -0.143. The van der Waals surface area contributed by atoms with Gasteiger partial charge in [-0.3, -0.25) is 13.8 Å². The third-order valence-corrected chi connectivity index (χ3v) is 8.74. The fourth-order valence-corrected chi connectivity index (χ4v) is 6.72. The van der Waals surface area contributed by atoms with Crippen LogP contribution in [0.1, 0.15) is 27.0 Å². The third kappa shape index (κ3) is 5.43. The first-order valence-electron chi connectivity index (χ1n) is 12.1. The van der Waals surface area contributed by atoms with Crippen molar-refractivity contribution in [3.05, 3.63) is 97.3 Å². The minimum atomic E-state index is -5.07. The summed E-state index contributed by atoms with van der Waals surface area (Å²) >= 11 is 12.5. The first kappa shape index (κ1) is 30.1. The molecule has 1 aliphatic heterocycles. The summed E-state index contributed by atoms with van der Waals surface area (Å²) in [5.41, 5.74) is -4.04. The molecule has 0 aliphatic carbocycles. The van der Waals surface area contributed by atoms with E-state index >= 15 is 0 Å². The van der Waals surface area contributed by atoms with Crippen molar-refractivity contribution in [2.75, 3.05) is 12.8 Å². The second kappa shape index (κ2) is 10.7. The predicted octanol–water partition coefficient (Wildman–Crippen LogP) is 7.41. The van der Waals surface area contributed by atoms with Crippen LogP contribution in [-0.2, 0) is 36.2 Å². The lowest BCUT2D eigenvalue weighted by Crippen LogP contribution is -2.37. The molecule has 1 unspecified atom stereocenters. The maximum Gasteiger partial charge on any atom is 0.416 e. The van der Waals surface area contributed by atoms with Gasteiger partial charge in [-0.15, -0.1) is 0 Å². The maximum absolute atomic E-state index is 13.9. The van der Waals surface area contributed by atoms with Gasteiger partial charge in [-0.25, -0.2) is 0 Å². The molecule has 0 N–H and O–H groups in total. The number of pyridine rings is 1. The first-order chi connectivity index (χ1) is 19.6. The molecule has 1 amide bonds. The van der Waals surface area contributed by atoms with Crippen LogP contribution in [0, 0.1) is 0 Å². The Morgan fingerprint density at radius 2 is 1.62 bits per heavy atom. The van der Waals surface area contributed by atoms with Crippen LogP contribution in [0.3, 0.4) is 0 Å². The van der Waals surface area contributed by atoms with Crippen LogP contribution in [0.25, 0.3) is 22.0 Å². The quantitative estimate of drug-likeness (QED) is 0.217. The first-order valence-corrected chi connectivity index (χ1v) is 14.2.